The Labute approximate surface area is 218 Å². The smallest absolute Gasteiger partial charge is 0.406 e. The van der Waals surface area contributed by atoms with Gasteiger partial charge in [-0.3, -0.25) is 14.5 Å². The van der Waals surface area contributed by atoms with Gasteiger partial charge < -0.3 is 20.3 Å². The van der Waals surface area contributed by atoms with Gasteiger partial charge in [-0.05, 0) is 62.9 Å². The van der Waals surface area contributed by atoms with Crippen LogP contribution in [0.5, 0.6) is 5.75 Å². The second-order valence-corrected chi connectivity index (χ2v) is 9.03. The molecular formula is C27H30F4N4O3. The van der Waals surface area contributed by atoms with Gasteiger partial charge in [0.2, 0.25) is 0 Å². The number of piperazine rings is 1. The SMILES string of the molecule is CN/C=C(\C=C/C=O)C(=O)Nc1cc(-c2ccc(OC(F)(F)F)cc2)c(F)cc1N1CC(C)N(C)C(C)C1. The van der Waals surface area contributed by atoms with Crippen molar-refractivity contribution in [3.63, 3.8) is 0 Å². The highest BCUT2D eigenvalue weighted by atomic mass is 19.4. The number of allylic oxidation sites excluding steroid dienone is 1. The van der Waals surface area contributed by atoms with Gasteiger partial charge in [-0.25, -0.2) is 4.39 Å². The molecule has 2 atom stereocenters. The predicted molar refractivity (Wildman–Crippen MR) is 138 cm³/mol. The number of nitrogens with one attached hydrogen (secondary N) is 2. The van der Waals surface area contributed by atoms with Gasteiger partial charge in [-0.1, -0.05) is 12.1 Å². The lowest BCUT2D eigenvalue weighted by Crippen LogP contribution is -2.55. The zero-order chi connectivity index (χ0) is 28.0. The van der Waals surface area contributed by atoms with Crippen molar-refractivity contribution in [2.24, 2.45) is 0 Å². The molecule has 1 amide bonds. The van der Waals surface area contributed by atoms with Crippen LogP contribution in [0.1, 0.15) is 13.8 Å². The summed E-state index contributed by atoms with van der Waals surface area (Å²) in [6.07, 6.45) is -0.383. The van der Waals surface area contributed by atoms with E-state index in [9.17, 15) is 22.8 Å². The van der Waals surface area contributed by atoms with Gasteiger partial charge in [-0.2, -0.15) is 0 Å². The summed E-state index contributed by atoms with van der Waals surface area (Å²) in [5.41, 5.74) is 1.32. The fourth-order valence-corrected chi connectivity index (χ4v) is 4.27. The molecule has 2 aromatic carbocycles. The van der Waals surface area contributed by atoms with Gasteiger partial charge in [0.05, 0.1) is 16.9 Å². The minimum atomic E-state index is -4.85. The normalized spacial score (nSPS) is 18.9. The Morgan fingerprint density at radius 3 is 2.29 bits per heavy atom. The molecule has 2 unspecified atom stereocenters. The number of benzene rings is 2. The maximum atomic E-state index is 15.5. The zero-order valence-electron chi connectivity index (χ0n) is 21.5. The lowest BCUT2D eigenvalue weighted by Gasteiger charge is -2.44. The Bertz CT molecular complexity index is 1200. The fourth-order valence-electron chi connectivity index (χ4n) is 4.27. The van der Waals surface area contributed by atoms with Gasteiger partial charge in [0.25, 0.3) is 5.91 Å². The van der Waals surface area contributed by atoms with Crippen LogP contribution in [0.2, 0.25) is 0 Å². The van der Waals surface area contributed by atoms with E-state index in [4.69, 9.17) is 0 Å². The summed E-state index contributed by atoms with van der Waals surface area (Å²) >= 11 is 0. The molecule has 2 N–H and O–H groups in total. The maximum Gasteiger partial charge on any atom is 0.573 e. The Morgan fingerprint density at radius 1 is 1.11 bits per heavy atom. The van der Waals surface area contributed by atoms with E-state index in [1.165, 1.54) is 42.6 Å². The summed E-state index contributed by atoms with van der Waals surface area (Å²) in [6.45, 7) is 5.26. The average Bonchev–Trinajstić information content (AvgIpc) is 2.85. The van der Waals surface area contributed by atoms with Gasteiger partial charge in [-0.15, -0.1) is 13.2 Å². The summed E-state index contributed by atoms with van der Waals surface area (Å²) in [4.78, 5) is 28.1. The van der Waals surface area contributed by atoms with Crippen molar-refractivity contribution in [3.8, 4) is 16.9 Å². The maximum absolute atomic E-state index is 15.5. The lowest BCUT2D eigenvalue weighted by molar-refractivity contribution is -0.274. The summed E-state index contributed by atoms with van der Waals surface area (Å²) in [6, 6.07) is 7.89. The number of hydrogen-bond donors (Lipinski definition) is 2. The summed E-state index contributed by atoms with van der Waals surface area (Å²) in [5.74, 6) is -1.58. The van der Waals surface area contributed by atoms with Crippen LogP contribution in [0.15, 0.2) is 60.3 Å². The average molecular weight is 535 g/mol. The topological polar surface area (TPSA) is 73.9 Å². The Balaban J connectivity index is 2.05. The van der Waals surface area contributed by atoms with Crippen LogP contribution in [0.4, 0.5) is 28.9 Å². The molecule has 2 aromatic rings. The summed E-state index contributed by atoms with van der Waals surface area (Å²) < 4.78 is 57.0. The van der Waals surface area contributed by atoms with E-state index in [0.29, 0.717) is 36.3 Å². The molecule has 3 rings (SSSR count). The van der Waals surface area contributed by atoms with Gasteiger partial charge in [0.1, 0.15) is 17.9 Å². The minimum absolute atomic E-state index is 0.0837. The van der Waals surface area contributed by atoms with Crippen LogP contribution in [-0.2, 0) is 9.59 Å². The van der Waals surface area contributed by atoms with Gasteiger partial charge in [0.15, 0.2) is 0 Å². The number of rotatable bonds is 8. The van der Waals surface area contributed by atoms with Crippen LogP contribution in [-0.4, -0.2) is 62.7 Å². The molecule has 38 heavy (non-hydrogen) atoms. The number of carbonyl (C=O) groups excluding carboxylic acids is 2. The highest BCUT2D eigenvalue weighted by molar-refractivity contribution is 6.08. The van der Waals surface area contributed by atoms with E-state index in [0.717, 1.165) is 12.1 Å². The minimum Gasteiger partial charge on any atom is -0.406 e. The van der Waals surface area contributed by atoms with Crippen molar-refractivity contribution in [2.45, 2.75) is 32.3 Å². The van der Waals surface area contributed by atoms with Crippen LogP contribution < -0.4 is 20.3 Å². The van der Waals surface area contributed by atoms with Crippen molar-refractivity contribution >= 4 is 23.6 Å². The summed E-state index contributed by atoms with van der Waals surface area (Å²) in [5, 5.41) is 5.56. The first-order valence-electron chi connectivity index (χ1n) is 11.9. The molecular weight excluding hydrogens is 504 g/mol. The fraction of sp³-hybridized carbons (Fsp3) is 0.333. The van der Waals surface area contributed by atoms with Crippen LogP contribution in [0.3, 0.4) is 0 Å². The molecule has 0 aromatic heterocycles. The Kier molecular flexibility index (Phi) is 9.16. The standard InChI is InChI=1S/C27H30F4N4O3/c1-17-15-35(16-18(2)34(17)4)25-13-23(28)22(19-7-9-21(10-8-19)38-27(29,30)31)12-24(25)33-26(37)20(14-32-3)6-5-11-36/h5-14,17-18,32H,15-16H2,1-4H3,(H,33,37)/b6-5-,20-14+. The van der Waals surface area contributed by atoms with Crippen molar-refractivity contribution < 1.29 is 31.9 Å². The monoisotopic (exact) mass is 534 g/mol. The number of alkyl halides is 3. The largest absolute Gasteiger partial charge is 0.573 e. The number of carbonyl (C=O) groups is 2. The quantitative estimate of drug-likeness (QED) is 0.221. The summed E-state index contributed by atoms with van der Waals surface area (Å²) in [7, 11) is 3.61. The Morgan fingerprint density at radius 2 is 1.74 bits per heavy atom. The van der Waals surface area contributed by atoms with E-state index < -0.39 is 23.8 Å². The number of nitrogens with zero attached hydrogens (tertiary/aromatic N) is 2. The molecule has 0 bridgehead atoms. The molecule has 1 aliphatic heterocycles. The van der Waals surface area contributed by atoms with Gasteiger partial charge in [0, 0.05) is 44.0 Å². The van der Waals surface area contributed by atoms with Crippen molar-refractivity contribution in [2.75, 3.05) is 37.4 Å². The van der Waals surface area contributed by atoms with Crippen molar-refractivity contribution in [1.82, 2.24) is 10.2 Å². The number of amides is 1. The van der Waals surface area contributed by atoms with Gasteiger partial charge >= 0.3 is 6.36 Å². The van der Waals surface area contributed by atoms with E-state index >= 15 is 4.39 Å². The molecule has 11 heteroatoms. The Hall–Kier alpha value is -3.86. The molecule has 1 saturated heterocycles. The number of ether oxygens (including phenoxy) is 1. The van der Waals surface area contributed by atoms with Crippen LogP contribution in [0, 0.1) is 5.82 Å². The molecule has 0 spiro atoms. The second kappa shape index (κ2) is 12.1. The number of anilines is 2. The predicted octanol–water partition coefficient (Wildman–Crippen LogP) is 4.72. The number of likely N-dealkylation sites (N-methyl/N-ethyl adjacent to an activating group) is 1. The van der Waals surface area contributed by atoms with E-state index in [1.807, 2.05) is 25.8 Å². The first-order valence-corrected chi connectivity index (χ1v) is 11.9. The highest BCUT2D eigenvalue weighted by Gasteiger charge is 2.31. The molecule has 0 aliphatic carbocycles. The van der Waals surface area contributed by atoms with Crippen molar-refractivity contribution in [3.05, 3.63) is 66.1 Å². The lowest BCUT2D eigenvalue weighted by atomic mass is 10.0. The van der Waals surface area contributed by atoms with E-state index in [1.54, 1.807) is 7.05 Å². The molecule has 1 fully saturated rings. The zero-order valence-corrected chi connectivity index (χ0v) is 21.5. The number of halogens is 4. The second-order valence-electron chi connectivity index (χ2n) is 9.03. The number of aldehydes is 1. The van der Waals surface area contributed by atoms with Crippen LogP contribution >= 0.6 is 0 Å². The molecule has 0 radical (unpaired) electrons. The third-order valence-electron chi connectivity index (χ3n) is 6.35. The molecule has 1 aliphatic rings. The first-order chi connectivity index (χ1) is 17.9. The van der Waals surface area contributed by atoms with Crippen molar-refractivity contribution in [1.29, 1.82) is 0 Å². The van der Waals surface area contributed by atoms with E-state index in [-0.39, 0.29) is 23.2 Å². The third-order valence-corrected chi connectivity index (χ3v) is 6.35. The first kappa shape index (κ1) is 28.7. The van der Waals surface area contributed by atoms with Crippen LogP contribution in [0.25, 0.3) is 11.1 Å². The molecule has 7 nitrogen and oxygen atoms in total. The molecule has 0 saturated carbocycles. The van der Waals surface area contributed by atoms with E-state index in [2.05, 4.69) is 20.3 Å². The molecule has 1 heterocycles. The third kappa shape index (κ3) is 7.12. The highest BCUT2D eigenvalue weighted by Crippen LogP contribution is 2.37. The molecule has 204 valence electrons. The number of hydrogen-bond acceptors (Lipinski definition) is 6.